The number of halogens is 1. The number of barbiturate groups is 1. The molecule has 1 aliphatic heterocycles. The molecule has 9 nitrogen and oxygen atoms in total. The second-order valence-electron chi connectivity index (χ2n) is 7.43. The number of imide groups is 2. The number of carbonyl (C=O) groups is 4. The van der Waals surface area contributed by atoms with Crippen molar-refractivity contribution in [3.8, 4) is 11.5 Å². The number of esters is 1. The van der Waals surface area contributed by atoms with Crippen molar-refractivity contribution in [2.45, 2.75) is 20.8 Å². The number of ether oxygens (including phenoxy) is 3. The average Bonchev–Trinajstić information content (AvgIpc) is 2.75. The Balaban J connectivity index is 1.96. The van der Waals surface area contributed by atoms with E-state index in [1.807, 2.05) is 42.5 Å². The number of amides is 4. The molecule has 1 fully saturated rings. The van der Waals surface area contributed by atoms with Gasteiger partial charge in [-0.05, 0) is 90.4 Å². The van der Waals surface area contributed by atoms with E-state index in [0.29, 0.717) is 26.3 Å². The van der Waals surface area contributed by atoms with Crippen LogP contribution in [0.3, 0.4) is 0 Å². The van der Waals surface area contributed by atoms with Crippen LogP contribution in [-0.2, 0) is 19.1 Å². The minimum Gasteiger partial charge on any atom is -0.493 e. The molecular weight excluding hydrogens is 555 g/mol. The number of carbonyl (C=O) groups excluding carboxylic acids is 4. The zero-order valence-electron chi connectivity index (χ0n) is 19.1. The molecule has 4 amide bonds. The highest BCUT2D eigenvalue weighted by molar-refractivity contribution is 14.1. The quantitative estimate of drug-likeness (QED) is 0.232. The summed E-state index contributed by atoms with van der Waals surface area (Å²) in [7, 11) is 1.43. The number of hydrogen-bond acceptors (Lipinski definition) is 7. The fraction of sp³-hybridized carbons (Fsp3) is 0.250. The molecule has 0 saturated carbocycles. The minimum atomic E-state index is -0.813. The molecule has 2 aromatic rings. The number of hydrogen-bond donors (Lipinski definition) is 1. The van der Waals surface area contributed by atoms with E-state index in [2.05, 4.69) is 5.32 Å². The fourth-order valence-corrected chi connectivity index (χ4v) is 4.22. The first-order valence-corrected chi connectivity index (χ1v) is 11.4. The highest BCUT2D eigenvalue weighted by atomic mass is 127. The van der Waals surface area contributed by atoms with E-state index in [-0.39, 0.29) is 18.8 Å². The summed E-state index contributed by atoms with van der Waals surface area (Å²) in [5, 5.41) is 2.22. The van der Waals surface area contributed by atoms with Gasteiger partial charge in [0.25, 0.3) is 11.8 Å². The van der Waals surface area contributed by atoms with Crippen LogP contribution in [0, 0.1) is 17.4 Å². The van der Waals surface area contributed by atoms with Gasteiger partial charge in [-0.1, -0.05) is 6.07 Å². The van der Waals surface area contributed by atoms with Crippen LogP contribution in [0.1, 0.15) is 23.6 Å². The van der Waals surface area contributed by atoms with Gasteiger partial charge < -0.3 is 14.2 Å². The van der Waals surface area contributed by atoms with E-state index in [4.69, 9.17) is 14.2 Å². The summed E-state index contributed by atoms with van der Waals surface area (Å²) in [5.74, 6) is -1.44. The molecule has 0 bridgehead atoms. The topological polar surface area (TPSA) is 111 Å². The molecule has 0 radical (unpaired) electrons. The number of rotatable bonds is 7. The van der Waals surface area contributed by atoms with Crippen LogP contribution in [0.4, 0.5) is 10.5 Å². The van der Waals surface area contributed by atoms with Crippen molar-refractivity contribution >= 4 is 58.2 Å². The van der Waals surface area contributed by atoms with Gasteiger partial charge >= 0.3 is 12.0 Å². The van der Waals surface area contributed by atoms with E-state index >= 15 is 0 Å². The van der Waals surface area contributed by atoms with Crippen molar-refractivity contribution in [3.05, 3.63) is 56.2 Å². The maximum absolute atomic E-state index is 13.2. The maximum Gasteiger partial charge on any atom is 0.344 e. The average molecular weight is 578 g/mol. The fourth-order valence-electron chi connectivity index (χ4n) is 3.44. The number of anilines is 1. The summed E-state index contributed by atoms with van der Waals surface area (Å²) in [6, 6.07) is 7.71. The Morgan fingerprint density at radius 3 is 2.38 bits per heavy atom. The van der Waals surface area contributed by atoms with Gasteiger partial charge in [0.15, 0.2) is 18.1 Å². The standard InChI is InChI=1S/C24H23IN2O7/c1-5-33-20(28)12-34-21-18(25)10-15(11-19(21)32-4)9-17-22(29)26-24(31)27(23(17)30)16-7-13(2)6-14(3)8-16/h6-11H,5,12H2,1-4H3,(H,26,29,31)/b17-9+. The summed E-state index contributed by atoms with van der Waals surface area (Å²) in [4.78, 5) is 50.8. The van der Waals surface area contributed by atoms with Gasteiger partial charge in [-0.15, -0.1) is 0 Å². The molecule has 178 valence electrons. The lowest BCUT2D eigenvalue weighted by molar-refractivity contribution is -0.145. The molecule has 0 aliphatic carbocycles. The minimum absolute atomic E-state index is 0.211. The molecular formula is C24H23IN2O7. The van der Waals surface area contributed by atoms with Gasteiger partial charge in [0, 0.05) is 0 Å². The van der Waals surface area contributed by atoms with E-state index in [9.17, 15) is 19.2 Å². The van der Waals surface area contributed by atoms with Gasteiger partial charge in [-0.3, -0.25) is 14.9 Å². The Morgan fingerprint density at radius 1 is 1.09 bits per heavy atom. The zero-order chi connectivity index (χ0) is 25.0. The predicted octanol–water partition coefficient (Wildman–Crippen LogP) is 3.52. The first-order valence-electron chi connectivity index (χ1n) is 10.3. The molecule has 1 aliphatic rings. The van der Waals surface area contributed by atoms with Crippen LogP contribution in [0.5, 0.6) is 11.5 Å². The molecule has 0 aromatic heterocycles. The summed E-state index contributed by atoms with van der Waals surface area (Å²) < 4.78 is 16.4. The predicted molar refractivity (Wildman–Crippen MR) is 133 cm³/mol. The second-order valence-corrected chi connectivity index (χ2v) is 8.59. The molecule has 1 N–H and O–H groups in total. The van der Waals surface area contributed by atoms with Crippen LogP contribution in [0.25, 0.3) is 6.08 Å². The van der Waals surface area contributed by atoms with Crippen molar-refractivity contribution < 1.29 is 33.4 Å². The first kappa shape index (κ1) is 25.2. The van der Waals surface area contributed by atoms with Crippen molar-refractivity contribution in [1.82, 2.24) is 5.32 Å². The lowest BCUT2D eigenvalue weighted by Crippen LogP contribution is -2.54. The highest BCUT2D eigenvalue weighted by Gasteiger charge is 2.37. The Hall–Kier alpha value is -3.41. The summed E-state index contributed by atoms with van der Waals surface area (Å²) in [5.41, 5.74) is 2.37. The molecule has 0 unspecified atom stereocenters. The number of nitrogens with one attached hydrogen (secondary N) is 1. The Labute approximate surface area is 210 Å². The Bertz CT molecular complexity index is 1190. The third-order valence-corrected chi connectivity index (χ3v) is 5.57. The molecule has 1 heterocycles. The third kappa shape index (κ3) is 5.56. The Morgan fingerprint density at radius 2 is 1.76 bits per heavy atom. The second kappa shape index (κ2) is 10.7. The molecule has 1 saturated heterocycles. The van der Waals surface area contributed by atoms with Crippen LogP contribution in [0.15, 0.2) is 35.9 Å². The van der Waals surface area contributed by atoms with Crippen molar-refractivity contribution in [3.63, 3.8) is 0 Å². The van der Waals surface area contributed by atoms with Crippen molar-refractivity contribution in [2.75, 3.05) is 25.2 Å². The van der Waals surface area contributed by atoms with Gasteiger partial charge in [-0.25, -0.2) is 14.5 Å². The van der Waals surface area contributed by atoms with Crippen LogP contribution < -0.4 is 19.7 Å². The molecule has 2 aromatic carbocycles. The molecule has 10 heteroatoms. The van der Waals surface area contributed by atoms with Gasteiger partial charge in [-0.2, -0.15) is 0 Å². The third-order valence-electron chi connectivity index (χ3n) is 4.77. The van der Waals surface area contributed by atoms with Crippen molar-refractivity contribution in [2.24, 2.45) is 0 Å². The normalized spacial score (nSPS) is 14.8. The van der Waals surface area contributed by atoms with Crippen LogP contribution >= 0.6 is 22.6 Å². The summed E-state index contributed by atoms with van der Waals surface area (Å²) >= 11 is 2.00. The molecule has 3 rings (SSSR count). The maximum atomic E-state index is 13.2. The largest absolute Gasteiger partial charge is 0.493 e. The number of urea groups is 1. The summed E-state index contributed by atoms with van der Waals surface area (Å²) in [6.45, 7) is 5.34. The lowest BCUT2D eigenvalue weighted by atomic mass is 10.0. The molecule has 0 atom stereocenters. The van der Waals surface area contributed by atoms with Crippen LogP contribution in [0.2, 0.25) is 0 Å². The van der Waals surface area contributed by atoms with E-state index in [1.165, 1.54) is 13.2 Å². The first-order chi connectivity index (χ1) is 16.1. The van der Waals surface area contributed by atoms with Gasteiger partial charge in [0.1, 0.15) is 5.57 Å². The number of methoxy groups -OCH3 is 1. The lowest BCUT2D eigenvalue weighted by Gasteiger charge is -2.27. The highest BCUT2D eigenvalue weighted by Crippen LogP contribution is 2.35. The summed E-state index contributed by atoms with van der Waals surface area (Å²) in [6.07, 6.45) is 1.37. The number of nitrogens with zero attached hydrogens (tertiary/aromatic N) is 1. The van der Waals surface area contributed by atoms with Crippen LogP contribution in [-0.4, -0.2) is 44.1 Å². The van der Waals surface area contributed by atoms with Gasteiger partial charge in [0.2, 0.25) is 0 Å². The zero-order valence-corrected chi connectivity index (χ0v) is 21.2. The molecule has 34 heavy (non-hydrogen) atoms. The smallest absolute Gasteiger partial charge is 0.344 e. The van der Waals surface area contributed by atoms with E-state index in [1.54, 1.807) is 31.2 Å². The monoisotopic (exact) mass is 578 g/mol. The van der Waals surface area contributed by atoms with Crippen molar-refractivity contribution in [1.29, 1.82) is 0 Å². The van der Waals surface area contributed by atoms with E-state index < -0.39 is 23.8 Å². The SMILES string of the molecule is CCOC(=O)COc1c(I)cc(/C=C2\C(=O)NC(=O)N(c3cc(C)cc(C)c3)C2=O)cc1OC. The van der Waals surface area contributed by atoms with E-state index in [0.717, 1.165) is 16.0 Å². The number of benzene rings is 2. The Kier molecular flexibility index (Phi) is 7.92. The number of aryl methyl sites for hydroxylation is 2. The van der Waals surface area contributed by atoms with Gasteiger partial charge in [0.05, 0.1) is 23.0 Å². The molecule has 0 spiro atoms.